The molecular weight excluding hydrogens is 312 g/mol. The maximum atomic E-state index is 12.5. The molecule has 2 bridgehead atoms. The van der Waals surface area contributed by atoms with E-state index in [4.69, 9.17) is 5.26 Å². The summed E-state index contributed by atoms with van der Waals surface area (Å²) in [6, 6.07) is 7.13. The zero-order valence-electron chi connectivity index (χ0n) is 13.1. The van der Waals surface area contributed by atoms with Gasteiger partial charge in [-0.25, -0.2) is 0 Å². The van der Waals surface area contributed by atoms with Gasteiger partial charge in [-0.05, 0) is 51.2 Å². The molecule has 0 spiro atoms. The van der Waals surface area contributed by atoms with Crippen molar-refractivity contribution in [2.24, 2.45) is 4.40 Å². The number of nitrogens with one attached hydrogen (secondary N) is 1. The van der Waals surface area contributed by atoms with Crippen LogP contribution in [0.2, 0.25) is 0 Å². The van der Waals surface area contributed by atoms with E-state index in [0.717, 1.165) is 37.7 Å². The normalized spacial score (nSPS) is 24.3. The molecule has 122 valence electrons. The molecule has 23 heavy (non-hydrogen) atoms. The van der Waals surface area contributed by atoms with Gasteiger partial charge in [0.05, 0.1) is 4.90 Å². The molecule has 2 atom stereocenters. The number of fused-ring (bicyclic) bond motifs is 2. The number of benzene rings is 1. The van der Waals surface area contributed by atoms with E-state index in [1.807, 2.05) is 18.0 Å². The van der Waals surface area contributed by atoms with Gasteiger partial charge >= 0.3 is 0 Å². The minimum atomic E-state index is -3.83. The molecule has 0 amide bonds. The van der Waals surface area contributed by atoms with Crippen molar-refractivity contribution in [2.75, 3.05) is 0 Å². The molecule has 2 aliphatic heterocycles. The Morgan fingerprint density at radius 2 is 1.83 bits per heavy atom. The predicted octanol–water partition coefficient (Wildman–Crippen LogP) is 2.13. The van der Waals surface area contributed by atoms with Crippen molar-refractivity contribution < 1.29 is 8.42 Å². The van der Waals surface area contributed by atoms with E-state index in [-0.39, 0.29) is 22.9 Å². The van der Waals surface area contributed by atoms with Gasteiger partial charge in [0.15, 0.2) is 6.19 Å². The first-order valence-corrected chi connectivity index (χ1v) is 9.30. The van der Waals surface area contributed by atoms with Crippen molar-refractivity contribution in [1.29, 1.82) is 5.26 Å². The van der Waals surface area contributed by atoms with Crippen LogP contribution < -0.4 is 5.32 Å². The summed E-state index contributed by atoms with van der Waals surface area (Å²) in [7, 11) is -3.83. The van der Waals surface area contributed by atoms with Crippen LogP contribution in [-0.2, 0) is 10.0 Å². The van der Waals surface area contributed by atoms with E-state index in [1.165, 1.54) is 0 Å². The fraction of sp³-hybridized carbons (Fsp3) is 0.500. The van der Waals surface area contributed by atoms with Crippen LogP contribution in [0.1, 0.15) is 37.7 Å². The topological polar surface area (TPSA) is 85.6 Å². The maximum Gasteiger partial charge on any atom is 0.285 e. The van der Waals surface area contributed by atoms with Gasteiger partial charge in [-0.3, -0.25) is 5.32 Å². The molecule has 0 unspecified atom stereocenters. The number of guanidine groups is 1. The lowest BCUT2D eigenvalue weighted by Gasteiger charge is -2.36. The van der Waals surface area contributed by atoms with Gasteiger partial charge in [-0.1, -0.05) is 17.7 Å². The molecule has 6 nitrogen and oxygen atoms in total. The van der Waals surface area contributed by atoms with Crippen molar-refractivity contribution in [3.05, 3.63) is 29.8 Å². The number of nitriles is 1. The lowest BCUT2D eigenvalue weighted by atomic mass is 10.0. The lowest BCUT2D eigenvalue weighted by Crippen LogP contribution is -2.49. The number of nitrogens with zero attached hydrogens (tertiary/aromatic N) is 3. The zero-order valence-corrected chi connectivity index (χ0v) is 13.9. The average molecular weight is 332 g/mol. The third kappa shape index (κ3) is 3.17. The first-order chi connectivity index (χ1) is 11.0. The van der Waals surface area contributed by atoms with E-state index in [1.54, 1.807) is 24.3 Å². The molecule has 2 saturated heterocycles. The standard InChI is InChI=1S/C16H20N4O2S/c1-12-5-9-15(10-6-12)23(21,22)19-16(18-11-17)20-13-3-2-4-14(20)8-7-13/h5-6,9-10,13-14H,2-4,7-8H2,1H3,(H,18,19)/t13-,14+. The predicted molar refractivity (Wildman–Crippen MR) is 87.0 cm³/mol. The number of sulfonamides is 1. The number of piperidine rings is 1. The van der Waals surface area contributed by atoms with Crippen molar-refractivity contribution in [3.8, 4) is 6.19 Å². The minimum Gasteiger partial charge on any atom is -0.335 e. The highest BCUT2D eigenvalue weighted by Gasteiger charge is 2.39. The van der Waals surface area contributed by atoms with Gasteiger partial charge in [0.2, 0.25) is 5.96 Å². The van der Waals surface area contributed by atoms with Crippen molar-refractivity contribution in [3.63, 3.8) is 0 Å². The van der Waals surface area contributed by atoms with E-state index in [0.29, 0.717) is 0 Å². The van der Waals surface area contributed by atoms with Crippen LogP contribution in [0.15, 0.2) is 33.6 Å². The molecule has 1 aromatic carbocycles. The molecule has 1 N–H and O–H groups in total. The van der Waals surface area contributed by atoms with E-state index < -0.39 is 10.0 Å². The Labute approximate surface area is 136 Å². The Bertz CT molecular complexity index is 733. The van der Waals surface area contributed by atoms with E-state index in [2.05, 4.69) is 9.71 Å². The van der Waals surface area contributed by atoms with Crippen LogP contribution in [0, 0.1) is 18.4 Å². The Morgan fingerprint density at radius 3 is 2.39 bits per heavy atom. The number of aryl methyl sites for hydroxylation is 1. The van der Waals surface area contributed by atoms with Crippen LogP contribution in [0.5, 0.6) is 0 Å². The number of hydrogen-bond acceptors (Lipinski definition) is 3. The van der Waals surface area contributed by atoms with Gasteiger partial charge in [-0.15, -0.1) is 4.40 Å². The van der Waals surface area contributed by atoms with E-state index >= 15 is 0 Å². The summed E-state index contributed by atoms with van der Waals surface area (Å²) in [4.78, 5) is 2.14. The number of hydrogen-bond donors (Lipinski definition) is 1. The fourth-order valence-electron chi connectivity index (χ4n) is 3.52. The maximum absolute atomic E-state index is 12.5. The summed E-state index contributed by atoms with van der Waals surface area (Å²) in [5.41, 5.74) is 0.984. The first-order valence-electron chi connectivity index (χ1n) is 7.86. The Balaban J connectivity index is 1.96. The molecule has 2 fully saturated rings. The second kappa shape index (κ2) is 6.20. The highest BCUT2D eigenvalue weighted by atomic mass is 32.2. The monoisotopic (exact) mass is 332 g/mol. The molecule has 0 aliphatic carbocycles. The van der Waals surface area contributed by atoms with Gasteiger partial charge in [0, 0.05) is 12.1 Å². The molecule has 0 saturated carbocycles. The van der Waals surface area contributed by atoms with Gasteiger partial charge < -0.3 is 4.90 Å². The molecule has 3 rings (SSSR count). The van der Waals surface area contributed by atoms with Crippen LogP contribution in [-0.4, -0.2) is 31.4 Å². The van der Waals surface area contributed by atoms with Crippen LogP contribution >= 0.6 is 0 Å². The molecule has 1 aromatic rings. The largest absolute Gasteiger partial charge is 0.335 e. The first kappa shape index (κ1) is 15.8. The third-order valence-electron chi connectivity index (χ3n) is 4.63. The van der Waals surface area contributed by atoms with E-state index in [9.17, 15) is 8.42 Å². The zero-order chi connectivity index (χ0) is 16.4. The van der Waals surface area contributed by atoms with Crippen molar-refractivity contribution in [1.82, 2.24) is 10.2 Å². The second-order valence-corrected chi connectivity index (χ2v) is 7.77. The lowest BCUT2D eigenvalue weighted by molar-refractivity contribution is 0.231. The fourth-order valence-corrected chi connectivity index (χ4v) is 4.48. The summed E-state index contributed by atoms with van der Waals surface area (Å²) in [5.74, 6) is 0.167. The molecule has 0 radical (unpaired) electrons. The number of rotatable bonds is 2. The quantitative estimate of drug-likeness (QED) is 0.388. The Morgan fingerprint density at radius 1 is 1.22 bits per heavy atom. The van der Waals surface area contributed by atoms with Crippen molar-refractivity contribution in [2.45, 2.75) is 56.0 Å². The Hall–Kier alpha value is -2.07. The summed E-state index contributed by atoms with van der Waals surface area (Å²) in [6.45, 7) is 1.90. The smallest absolute Gasteiger partial charge is 0.285 e. The van der Waals surface area contributed by atoms with Gasteiger partial charge in [-0.2, -0.15) is 13.7 Å². The average Bonchev–Trinajstić information content (AvgIpc) is 2.76. The Kier molecular flexibility index (Phi) is 4.26. The molecule has 2 aliphatic rings. The van der Waals surface area contributed by atoms with Gasteiger partial charge in [0.1, 0.15) is 0 Å². The summed E-state index contributed by atoms with van der Waals surface area (Å²) >= 11 is 0. The molecule has 7 heteroatoms. The molecule has 0 aromatic heterocycles. The second-order valence-electron chi connectivity index (χ2n) is 6.16. The summed E-state index contributed by atoms with van der Waals surface area (Å²) < 4.78 is 29.0. The summed E-state index contributed by atoms with van der Waals surface area (Å²) in [5, 5.41) is 11.5. The molecule has 2 heterocycles. The highest BCUT2D eigenvalue weighted by Crippen LogP contribution is 2.35. The van der Waals surface area contributed by atoms with Crippen molar-refractivity contribution >= 4 is 16.0 Å². The van der Waals surface area contributed by atoms with Crippen LogP contribution in [0.25, 0.3) is 0 Å². The summed E-state index contributed by atoms with van der Waals surface area (Å²) in [6.07, 6.45) is 7.08. The highest BCUT2D eigenvalue weighted by molar-refractivity contribution is 7.90. The van der Waals surface area contributed by atoms with Crippen LogP contribution in [0.3, 0.4) is 0 Å². The SMILES string of the molecule is Cc1ccc(S(=O)(=O)/N=C(\NC#N)N2[C@@H]3CCC[C@H]2CC3)cc1. The minimum absolute atomic E-state index is 0.143. The van der Waals surface area contributed by atoms with Crippen LogP contribution in [0.4, 0.5) is 0 Å². The van der Waals surface area contributed by atoms with Gasteiger partial charge in [0.25, 0.3) is 10.0 Å². The molecular formula is C16H20N4O2S. The third-order valence-corrected chi connectivity index (χ3v) is 5.91.